The zero-order chi connectivity index (χ0) is 17.5. The maximum Gasteiger partial charge on any atom is 0.230 e. The van der Waals surface area contributed by atoms with Crippen LogP contribution in [0.4, 0.5) is 0 Å². The summed E-state index contributed by atoms with van der Waals surface area (Å²) in [6.07, 6.45) is 7.02. The van der Waals surface area contributed by atoms with E-state index in [2.05, 4.69) is 22.3 Å². The summed E-state index contributed by atoms with van der Waals surface area (Å²) < 4.78 is 1.93. The molecule has 1 aliphatic carbocycles. The first-order chi connectivity index (χ1) is 12.3. The normalized spacial score (nSPS) is 13.8. The van der Waals surface area contributed by atoms with Gasteiger partial charge in [0.2, 0.25) is 11.1 Å². The fraction of sp³-hybridized carbons (Fsp3) is 0.526. The number of unbranched alkanes of at least 4 members (excludes halogenated alkanes) is 3. The van der Waals surface area contributed by atoms with Crippen molar-refractivity contribution in [2.75, 3.05) is 12.3 Å². The summed E-state index contributed by atoms with van der Waals surface area (Å²) >= 11 is 1.42. The molecule has 1 fully saturated rings. The van der Waals surface area contributed by atoms with E-state index in [1.807, 2.05) is 35.0 Å². The molecule has 1 aromatic heterocycles. The number of hydrogen-bond acceptors (Lipinski definition) is 4. The molecule has 1 heterocycles. The maximum atomic E-state index is 12.0. The van der Waals surface area contributed by atoms with Crippen LogP contribution in [0.2, 0.25) is 0 Å². The molecule has 0 radical (unpaired) electrons. The highest BCUT2D eigenvalue weighted by Gasteiger charge is 2.30. The summed E-state index contributed by atoms with van der Waals surface area (Å²) in [6.45, 7) is 2.95. The quantitative estimate of drug-likeness (QED) is 0.516. The molecule has 6 heteroatoms. The summed E-state index contributed by atoms with van der Waals surface area (Å²) in [5.41, 5.74) is 1.03. The third kappa shape index (κ3) is 5.33. The Hall–Kier alpha value is -1.82. The second kappa shape index (κ2) is 9.04. The molecule has 0 unspecified atom stereocenters. The highest BCUT2D eigenvalue weighted by atomic mass is 32.2. The highest BCUT2D eigenvalue weighted by molar-refractivity contribution is 7.99. The topological polar surface area (TPSA) is 59.8 Å². The van der Waals surface area contributed by atoms with Crippen molar-refractivity contribution in [1.82, 2.24) is 20.1 Å². The molecule has 1 amide bonds. The van der Waals surface area contributed by atoms with Crippen molar-refractivity contribution in [3.63, 3.8) is 0 Å². The van der Waals surface area contributed by atoms with Gasteiger partial charge in [-0.05, 0) is 31.4 Å². The van der Waals surface area contributed by atoms with Crippen LogP contribution in [0.1, 0.15) is 57.2 Å². The molecule has 5 nitrogen and oxygen atoms in total. The van der Waals surface area contributed by atoms with Crippen molar-refractivity contribution >= 4 is 17.7 Å². The number of carbonyl (C=O) groups excluding carboxylic acids is 1. The van der Waals surface area contributed by atoms with Crippen molar-refractivity contribution in [2.45, 2.75) is 56.5 Å². The number of aromatic nitrogens is 3. The van der Waals surface area contributed by atoms with Crippen LogP contribution in [0.5, 0.6) is 0 Å². The van der Waals surface area contributed by atoms with Crippen LogP contribution < -0.4 is 5.32 Å². The van der Waals surface area contributed by atoms with Gasteiger partial charge in [0.25, 0.3) is 0 Å². The van der Waals surface area contributed by atoms with Gasteiger partial charge in [-0.2, -0.15) is 0 Å². The lowest BCUT2D eigenvalue weighted by atomic mass is 10.2. The molecule has 0 aliphatic heterocycles. The monoisotopic (exact) mass is 358 g/mol. The van der Waals surface area contributed by atoms with E-state index in [1.165, 1.54) is 43.9 Å². The minimum atomic E-state index is 0.0607. The third-order valence-electron chi connectivity index (χ3n) is 4.24. The first-order valence-electron chi connectivity index (χ1n) is 9.20. The fourth-order valence-electron chi connectivity index (χ4n) is 2.69. The Morgan fingerprint density at radius 1 is 1.24 bits per heavy atom. The van der Waals surface area contributed by atoms with E-state index in [0.717, 1.165) is 24.5 Å². The molecule has 25 heavy (non-hydrogen) atoms. The van der Waals surface area contributed by atoms with E-state index in [-0.39, 0.29) is 5.91 Å². The number of benzene rings is 1. The van der Waals surface area contributed by atoms with Crippen molar-refractivity contribution in [1.29, 1.82) is 0 Å². The SMILES string of the molecule is CCCCCCNC(=O)CSc1nc(C2CC2)n(-c2ccccc2)n1. The van der Waals surface area contributed by atoms with E-state index in [0.29, 0.717) is 16.8 Å². The van der Waals surface area contributed by atoms with Crippen LogP contribution in [0.15, 0.2) is 35.5 Å². The Kier molecular flexibility index (Phi) is 6.50. The summed E-state index contributed by atoms with van der Waals surface area (Å²) in [5.74, 6) is 1.96. The van der Waals surface area contributed by atoms with Crippen LogP contribution >= 0.6 is 11.8 Å². The Bertz CT molecular complexity index is 682. The standard InChI is InChI=1S/C19H26N4OS/c1-2-3-4-8-13-20-17(24)14-25-19-21-18(15-11-12-15)23(22-19)16-9-6-5-7-10-16/h5-7,9-10,15H,2-4,8,11-14H2,1H3,(H,20,24). The molecular weight excluding hydrogens is 332 g/mol. The second-order valence-electron chi connectivity index (χ2n) is 6.47. The summed E-state index contributed by atoms with van der Waals surface area (Å²) in [5, 5.41) is 8.29. The van der Waals surface area contributed by atoms with E-state index >= 15 is 0 Å². The molecule has 1 aliphatic rings. The summed E-state index contributed by atoms with van der Waals surface area (Å²) in [7, 11) is 0. The average Bonchev–Trinajstić information content (AvgIpc) is 3.40. The number of hydrogen-bond donors (Lipinski definition) is 1. The van der Waals surface area contributed by atoms with Crippen LogP contribution in [0.3, 0.4) is 0 Å². The number of rotatable bonds is 10. The van der Waals surface area contributed by atoms with Gasteiger partial charge in [0.15, 0.2) is 0 Å². The fourth-order valence-corrected chi connectivity index (χ4v) is 3.35. The molecule has 3 rings (SSSR count). The molecular formula is C19H26N4OS. The van der Waals surface area contributed by atoms with Gasteiger partial charge >= 0.3 is 0 Å². The number of amides is 1. The minimum absolute atomic E-state index is 0.0607. The Labute approximate surface area is 153 Å². The van der Waals surface area contributed by atoms with Crippen molar-refractivity contribution in [3.05, 3.63) is 36.2 Å². The molecule has 1 saturated carbocycles. The number of nitrogens with one attached hydrogen (secondary N) is 1. The zero-order valence-corrected chi connectivity index (χ0v) is 15.6. The highest BCUT2D eigenvalue weighted by Crippen LogP contribution is 2.40. The van der Waals surface area contributed by atoms with Crippen molar-refractivity contribution < 1.29 is 4.79 Å². The van der Waals surface area contributed by atoms with Gasteiger partial charge in [-0.1, -0.05) is 56.1 Å². The zero-order valence-electron chi connectivity index (χ0n) is 14.8. The van der Waals surface area contributed by atoms with Crippen LogP contribution in [-0.2, 0) is 4.79 Å². The minimum Gasteiger partial charge on any atom is -0.355 e. The van der Waals surface area contributed by atoms with E-state index in [4.69, 9.17) is 0 Å². The lowest BCUT2D eigenvalue weighted by Gasteiger charge is -2.04. The molecule has 2 aromatic rings. The molecule has 0 spiro atoms. The molecule has 1 aromatic carbocycles. The lowest BCUT2D eigenvalue weighted by molar-refractivity contribution is -0.118. The third-order valence-corrected chi connectivity index (χ3v) is 5.08. The number of para-hydroxylation sites is 1. The van der Waals surface area contributed by atoms with Crippen molar-refractivity contribution in [2.24, 2.45) is 0 Å². The first-order valence-corrected chi connectivity index (χ1v) is 10.2. The molecule has 0 bridgehead atoms. The lowest BCUT2D eigenvalue weighted by Crippen LogP contribution is -2.26. The molecule has 0 atom stereocenters. The van der Waals surface area contributed by atoms with Crippen LogP contribution in [-0.4, -0.2) is 33.0 Å². The predicted molar refractivity (Wildman–Crippen MR) is 101 cm³/mol. The van der Waals surface area contributed by atoms with Crippen molar-refractivity contribution in [3.8, 4) is 5.69 Å². The van der Waals surface area contributed by atoms with Gasteiger partial charge in [0.1, 0.15) is 5.82 Å². The largest absolute Gasteiger partial charge is 0.355 e. The average molecular weight is 359 g/mol. The number of nitrogens with zero attached hydrogens (tertiary/aromatic N) is 3. The number of thioether (sulfide) groups is 1. The summed E-state index contributed by atoms with van der Waals surface area (Å²) in [6, 6.07) is 10.1. The Morgan fingerprint density at radius 2 is 2.04 bits per heavy atom. The van der Waals surface area contributed by atoms with E-state index in [9.17, 15) is 4.79 Å². The van der Waals surface area contributed by atoms with Gasteiger partial charge in [0.05, 0.1) is 11.4 Å². The van der Waals surface area contributed by atoms with Crippen LogP contribution in [0, 0.1) is 0 Å². The van der Waals surface area contributed by atoms with Gasteiger partial charge in [-0.25, -0.2) is 9.67 Å². The first kappa shape index (κ1) is 18.0. The van der Waals surface area contributed by atoms with E-state index in [1.54, 1.807) is 0 Å². The number of carbonyl (C=O) groups is 1. The molecule has 0 saturated heterocycles. The van der Waals surface area contributed by atoms with Gasteiger partial charge < -0.3 is 5.32 Å². The Morgan fingerprint density at radius 3 is 2.76 bits per heavy atom. The smallest absolute Gasteiger partial charge is 0.230 e. The molecule has 134 valence electrons. The van der Waals surface area contributed by atoms with Gasteiger partial charge in [0, 0.05) is 12.5 Å². The maximum absolute atomic E-state index is 12.0. The molecule has 1 N–H and O–H groups in total. The van der Waals surface area contributed by atoms with Gasteiger partial charge in [-0.3, -0.25) is 4.79 Å². The van der Waals surface area contributed by atoms with Crippen LogP contribution in [0.25, 0.3) is 5.69 Å². The predicted octanol–water partition coefficient (Wildman–Crippen LogP) is 3.93. The van der Waals surface area contributed by atoms with E-state index < -0.39 is 0 Å². The second-order valence-corrected chi connectivity index (χ2v) is 7.42. The Balaban J connectivity index is 1.54. The summed E-state index contributed by atoms with van der Waals surface area (Å²) in [4.78, 5) is 16.6. The van der Waals surface area contributed by atoms with Gasteiger partial charge in [-0.15, -0.1) is 5.10 Å².